The normalized spacial score (nSPS) is 16.6. The molecule has 7 heteroatoms. The lowest BCUT2D eigenvalue weighted by atomic mass is 10.2. The minimum atomic E-state index is -0.568. The van der Waals surface area contributed by atoms with Crippen molar-refractivity contribution in [2.45, 2.75) is 19.2 Å². The second-order valence-electron chi connectivity index (χ2n) is 7.22. The third kappa shape index (κ3) is 6.29. The van der Waals surface area contributed by atoms with E-state index in [-0.39, 0.29) is 11.7 Å². The molecule has 28 heavy (non-hydrogen) atoms. The minimum absolute atomic E-state index is 0.191. The number of ether oxygens (including phenoxy) is 1. The number of benzene rings is 1. The molecule has 0 amide bonds. The zero-order chi connectivity index (χ0) is 19.8. The first-order chi connectivity index (χ1) is 13.7. The van der Waals surface area contributed by atoms with Crippen LogP contribution < -0.4 is 0 Å². The summed E-state index contributed by atoms with van der Waals surface area (Å²) in [4.78, 5) is 4.59. The molecule has 1 aromatic carbocycles. The van der Waals surface area contributed by atoms with E-state index in [9.17, 15) is 9.50 Å². The number of nitrogens with zero attached hydrogens (tertiary/aromatic N) is 3. The van der Waals surface area contributed by atoms with Crippen molar-refractivity contribution in [3.8, 4) is 0 Å². The lowest BCUT2D eigenvalue weighted by Gasteiger charge is -2.31. The molecule has 1 atom stereocenters. The van der Waals surface area contributed by atoms with Gasteiger partial charge in [0.25, 0.3) is 0 Å². The number of hydrogen-bond donors (Lipinski definition) is 1. The van der Waals surface area contributed by atoms with E-state index in [1.807, 2.05) is 24.4 Å². The van der Waals surface area contributed by atoms with Crippen molar-refractivity contribution in [1.82, 2.24) is 14.4 Å². The van der Waals surface area contributed by atoms with Gasteiger partial charge >= 0.3 is 0 Å². The molecule has 0 radical (unpaired) electrons. The van der Waals surface area contributed by atoms with Crippen LogP contribution in [0.3, 0.4) is 0 Å². The topological polar surface area (TPSA) is 40.9 Å². The molecule has 0 unspecified atom stereocenters. The van der Waals surface area contributed by atoms with Gasteiger partial charge in [-0.25, -0.2) is 4.39 Å². The highest BCUT2D eigenvalue weighted by Crippen LogP contribution is 2.14. The Balaban J connectivity index is 1.64. The fourth-order valence-corrected chi connectivity index (χ4v) is 3.57. The van der Waals surface area contributed by atoms with Gasteiger partial charge < -0.3 is 14.4 Å². The van der Waals surface area contributed by atoms with Crippen molar-refractivity contribution in [3.05, 3.63) is 59.7 Å². The molecule has 1 saturated heterocycles. The smallest absolute Gasteiger partial charge is 0.128 e. The molecule has 1 aromatic heterocycles. The highest BCUT2D eigenvalue weighted by Gasteiger charge is 2.17. The van der Waals surface area contributed by atoms with Gasteiger partial charge in [-0.3, -0.25) is 9.80 Å². The lowest BCUT2D eigenvalue weighted by Crippen LogP contribution is -2.43. The number of aliphatic hydroxyl groups excluding tert-OH is 1. The summed E-state index contributed by atoms with van der Waals surface area (Å²) in [6.45, 7) is 6.87. The monoisotopic (exact) mass is 409 g/mol. The molecule has 1 N–H and O–H groups in total. The molecular weight excluding hydrogens is 381 g/mol. The van der Waals surface area contributed by atoms with Gasteiger partial charge in [-0.2, -0.15) is 0 Å². The molecule has 0 spiro atoms. The van der Waals surface area contributed by atoms with E-state index in [4.69, 9.17) is 16.3 Å². The van der Waals surface area contributed by atoms with Crippen molar-refractivity contribution in [2.24, 2.45) is 0 Å². The van der Waals surface area contributed by atoms with E-state index in [0.717, 1.165) is 45.1 Å². The van der Waals surface area contributed by atoms with Gasteiger partial charge in [-0.05, 0) is 18.2 Å². The summed E-state index contributed by atoms with van der Waals surface area (Å²) in [5.41, 5.74) is 1.76. The van der Waals surface area contributed by atoms with Crippen molar-refractivity contribution in [3.63, 3.8) is 0 Å². The van der Waals surface area contributed by atoms with E-state index < -0.39 is 6.10 Å². The van der Waals surface area contributed by atoms with Crippen LogP contribution in [0.1, 0.15) is 11.3 Å². The Morgan fingerprint density at radius 3 is 2.71 bits per heavy atom. The number of morpholine rings is 1. The minimum Gasteiger partial charge on any atom is -0.391 e. The quantitative estimate of drug-likeness (QED) is 0.612. The van der Waals surface area contributed by atoms with Crippen molar-refractivity contribution >= 4 is 11.6 Å². The predicted octanol–water partition coefficient (Wildman–Crippen LogP) is 2.41. The molecule has 1 aliphatic heterocycles. The van der Waals surface area contributed by atoms with Crippen LogP contribution in [0.15, 0.2) is 42.6 Å². The van der Waals surface area contributed by atoms with E-state index in [0.29, 0.717) is 25.2 Å². The molecule has 1 aliphatic rings. The molecule has 154 valence electrons. The van der Waals surface area contributed by atoms with Gasteiger partial charge in [0.15, 0.2) is 0 Å². The maximum absolute atomic E-state index is 14.0. The van der Waals surface area contributed by atoms with E-state index in [2.05, 4.69) is 20.4 Å². The number of rotatable bonds is 10. The molecule has 1 fully saturated rings. The molecule has 0 aliphatic carbocycles. The fraction of sp³-hybridized carbons (Fsp3) is 0.524. The zero-order valence-corrected chi connectivity index (χ0v) is 16.9. The Morgan fingerprint density at radius 2 is 1.96 bits per heavy atom. The molecule has 5 nitrogen and oxygen atoms in total. The van der Waals surface area contributed by atoms with E-state index in [1.165, 1.54) is 6.07 Å². The van der Waals surface area contributed by atoms with Crippen molar-refractivity contribution in [1.29, 1.82) is 0 Å². The highest BCUT2D eigenvalue weighted by molar-refractivity contribution is 6.18. The molecule has 0 bridgehead atoms. The van der Waals surface area contributed by atoms with Gasteiger partial charge in [0.1, 0.15) is 5.82 Å². The average Bonchev–Trinajstić information content (AvgIpc) is 3.15. The summed E-state index contributed by atoms with van der Waals surface area (Å²) in [6.07, 6.45) is 1.40. The second-order valence-corrected chi connectivity index (χ2v) is 7.52. The average molecular weight is 410 g/mol. The summed E-state index contributed by atoms with van der Waals surface area (Å²) >= 11 is 5.83. The lowest BCUT2D eigenvalue weighted by molar-refractivity contribution is 0.0298. The first-order valence-electron chi connectivity index (χ1n) is 9.79. The van der Waals surface area contributed by atoms with Crippen LogP contribution in [-0.2, 0) is 17.8 Å². The van der Waals surface area contributed by atoms with Gasteiger partial charge in [0.05, 0.1) is 25.9 Å². The summed E-state index contributed by atoms with van der Waals surface area (Å²) < 4.78 is 21.5. The third-order valence-corrected chi connectivity index (χ3v) is 5.45. The number of halogens is 2. The van der Waals surface area contributed by atoms with E-state index >= 15 is 0 Å². The number of hydrogen-bond acceptors (Lipinski definition) is 4. The summed E-state index contributed by atoms with van der Waals surface area (Å²) in [5, 5.41) is 10.1. The number of aromatic nitrogens is 1. The van der Waals surface area contributed by atoms with Gasteiger partial charge in [-0.15, -0.1) is 11.6 Å². The standard InChI is InChI=1S/C21H29ClFN3O2/c22-14-20(27)17-25(9-8-24-10-12-28-13-11-24)16-19-5-3-7-26(19)15-18-4-1-2-6-21(18)23/h1-7,20,27H,8-17H2/t20-/m1/s1. The Kier molecular flexibility index (Phi) is 8.30. The maximum Gasteiger partial charge on any atom is 0.128 e. The largest absolute Gasteiger partial charge is 0.391 e. The summed E-state index contributed by atoms with van der Waals surface area (Å²) in [5.74, 6) is 0.0217. The highest BCUT2D eigenvalue weighted by atomic mass is 35.5. The van der Waals surface area contributed by atoms with Crippen LogP contribution in [0.25, 0.3) is 0 Å². The van der Waals surface area contributed by atoms with Crippen LogP contribution in [0.4, 0.5) is 4.39 Å². The number of alkyl halides is 1. The Labute approximate surface area is 171 Å². The summed E-state index contributed by atoms with van der Waals surface area (Å²) in [6, 6.07) is 10.9. The molecule has 2 aromatic rings. The molecule has 3 rings (SSSR count). The Hall–Kier alpha value is -1.44. The molecular formula is C21H29ClFN3O2. The van der Waals surface area contributed by atoms with Crippen LogP contribution in [-0.4, -0.2) is 77.4 Å². The predicted molar refractivity (Wildman–Crippen MR) is 109 cm³/mol. The molecule has 2 heterocycles. The Bertz CT molecular complexity index is 721. The van der Waals surface area contributed by atoms with Crippen LogP contribution >= 0.6 is 11.6 Å². The van der Waals surface area contributed by atoms with Gasteiger partial charge in [-0.1, -0.05) is 18.2 Å². The van der Waals surface area contributed by atoms with Crippen LogP contribution in [0.5, 0.6) is 0 Å². The SMILES string of the molecule is O[C@H](CCl)CN(CCN1CCOCC1)Cc1cccn1Cc1ccccc1F. The summed E-state index contributed by atoms with van der Waals surface area (Å²) in [7, 11) is 0. The first kappa shape index (κ1) is 21.3. The van der Waals surface area contributed by atoms with Crippen LogP contribution in [0.2, 0.25) is 0 Å². The van der Waals surface area contributed by atoms with E-state index in [1.54, 1.807) is 6.07 Å². The Morgan fingerprint density at radius 1 is 1.18 bits per heavy atom. The second kappa shape index (κ2) is 10.9. The van der Waals surface area contributed by atoms with Gasteiger partial charge in [0, 0.05) is 62.6 Å². The van der Waals surface area contributed by atoms with Crippen molar-refractivity contribution in [2.75, 3.05) is 51.8 Å². The maximum atomic E-state index is 14.0. The van der Waals surface area contributed by atoms with Gasteiger partial charge in [0.2, 0.25) is 0 Å². The van der Waals surface area contributed by atoms with Crippen molar-refractivity contribution < 1.29 is 14.2 Å². The zero-order valence-electron chi connectivity index (χ0n) is 16.1. The fourth-order valence-electron chi connectivity index (χ4n) is 3.48. The molecule has 0 saturated carbocycles. The first-order valence-corrected chi connectivity index (χ1v) is 10.3. The number of aliphatic hydroxyl groups is 1. The third-order valence-electron chi connectivity index (χ3n) is 5.09. The van der Waals surface area contributed by atoms with Crippen LogP contribution in [0, 0.1) is 5.82 Å².